The maximum Gasteiger partial charge on any atom is 0.0897 e. The fraction of sp³-hybridized carbons (Fsp3) is 1.00. The Bertz CT molecular complexity index is 121. The van der Waals surface area contributed by atoms with Crippen LogP contribution in [0.2, 0.25) is 0 Å². The molecule has 0 radical (unpaired) electrons. The van der Waals surface area contributed by atoms with Gasteiger partial charge < -0.3 is 15.9 Å². The number of hydrogen-bond donors (Lipinski definition) is 3. The molecule has 4 heteroatoms. The van der Waals surface area contributed by atoms with Crippen molar-refractivity contribution in [2.45, 2.75) is 18.6 Å². The maximum atomic E-state index is 9.07. The van der Waals surface area contributed by atoms with Crippen LogP contribution in [-0.2, 0) is 0 Å². The first kappa shape index (κ1) is 8.93. The quantitative estimate of drug-likeness (QED) is 0.464. The highest BCUT2D eigenvalue weighted by Crippen LogP contribution is 2.06. The minimum atomic E-state index is -0.611. The smallest absolute Gasteiger partial charge is 0.0897 e. The molecule has 4 N–H and O–H groups in total. The molecule has 2 unspecified atom stereocenters. The maximum absolute atomic E-state index is 9.07. The van der Waals surface area contributed by atoms with E-state index in [1.54, 1.807) is 0 Å². The first-order valence-corrected chi connectivity index (χ1v) is 3.99. The molecule has 0 saturated carbocycles. The van der Waals surface area contributed by atoms with Crippen LogP contribution < -0.4 is 5.73 Å². The van der Waals surface area contributed by atoms with E-state index in [-0.39, 0.29) is 12.6 Å². The van der Waals surface area contributed by atoms with Crippen LogP contribution in [0.3, 0.4) is 0 Å². The van der Waals surface area contributed by atoms with Crippen LogP contribution in [0.4, 0.5) is 0 Å². The predicted octanol–water partition coefficient (Wildman–Crippen LogP) is -1.63. The molecular formula is C7H16N2O2. The summed E-state index contributed by atoms with van der Waals surface area (Å²) in [7, 11) is 0. The monoisotopic (exact) mass is 160 g/mol. The van der Waals surface area contributed by atoms with Gasteiger partial charge in [-0.05, 0) is 13.0 Å². The average molecular weight is 160 g/mol. The summed E-state index contributed by atoms with van der Waals surface area (Å²) in [5.41, 5.74) is 5.66. The van der Waals surface area contributed by atoms with E-state index in [4.69, 9.17) is 15.9 Å². The van der Waals surface area contributed by atoms with Crippen molar-refractivity contribution >= 4 is 0 Å². The molecule has 1 rings (SSSR count). The summed E-state index contributed by atoms with van der Waals surface area (Å²) in [5.74, 6) is 0. The highest BCUT2D eigenvalue weighted by molar-refractivity contribution is 4.78. The molecule has 1 fully saturated rings. The fourth-order valence-electron chi connectivity index (χ4n) is 1.38. The number of hydrogen-bond acceptors (Lipinski definition) is 4. The first-order chi connectivity index (χ1) is 5.22. The molecule has 0 spiro atoms. The molecule has 1 aliphatic heterocycles. The van der Waals surface area contributed by atoms with Crippen molar-refractivity contribution in [2.24, 2.45) is 5.73 Å². The summed E-state index contributed by atoms with van der Waals surface area (Å²) >= 11 is 0. The van der Waals surface area contributed by atoms with Gasteiger partial charge in [0.25, 0.3) is 0 Å². The van der Waals surface area contributed by atoms with E-state index in [1.165, 1.54) is 0 Å². The Kier molecular flexibility index (Phi) is 3.26. The van der Waals surface area contributed by atoms with Crippen LogP contribution in [-0.4, -0.2) is 53.5 Å². The van der Waals surface area contributed by atoms with Crippen molar-refractivity contribution < 1.29 is 10.2 Å². The molecule has 1 saturated heterocycles. The second kappa shape index (κ2) is 4.01. The van der Waals surface area contributed by atoms with E-state index in [2.05, 4.69) is 4.90 Å². The van der Waals surface area contributed by atoms with E-state index < -0.39 is 6.10 Å². The molecule has 0 bridgehead atoms. The van der Waals surface area contributed by atoms with Crippen molar-refractivity contribution in [1.82, 2.24) is 4.90 Å². The normalized spacial score (nSPS) is 29.2. The lowest BCUT2D eigenvalue weighted by molar-refractivity contribution is 0.0658. The number of aliphatic hydroxyl groups excluding tert-OH is 2. The van der Waals surface area contributed by atoms with Crippen molar-refractivity contribution in [1.29, 1.82) is 0 Å². The Hall–Kier alpha value is -0.160. The molecule has 1 aliphatic rings. The van der Waals surface area contributed by atoms with Gasteiger partial charge in [0.05, 0.1) is 12.7 Å². The summed E-state index contributed by atoms with van der Waals surface area (Å²) in [6.45, 7) is 2.17. The molecule has 11 heavy (non-hydrogen) atoms. The number of aliphatic hydroxyl groups is 2. The third kappa shape index (κ3) is 2.75. The summed E-state index contributed by atoms with van der Waals surface area (Å²) < 4.78 is 0. The van der Waals surface area contributed by atoms with Gasteiger partial charge in [0.2, 0.25) is 0 Å². The van der Waals surface area contributed by atoms with Crippen LogP contribution in [0.25, 0.3) is 0 Å². The molecular weight excluding hydrogens is 144 g/mol. The van der Waals surface area contributed by atoms with Gasteiger partial charge in [-0.25, -0.2) is 0 Å². The molecule has 0 aromatic carbocycles. The van der Waals surface area contributed by atoms with Gasteiger partial charge in [0.15, 0.2) is 0 Å². The summed E-state index contributed by atoms with van der Waals surface area (Å²) in [5, 5.41) is 17.6. The van der Waals surface area contributed by atoms with Crippen LogP contribution in [0.5, 0.6) is 0 Å². The van der Waals surface area contributed by atoms with E-state index >= 15 is 0 Å². The van der Waals surface area contributed by atoms with Crippen molar-refractivity contribution in [2.75, 3.05) is 26.2 Å². The molecule has 66 valence electrons. The summed E-state index contributed by atoms with van der Waals surface area (Å²) in [6, 6.07) is 0.251. The number of β-amino-alcohol motifs (C(OH)–C–C–N with tert-alkyl or cyclic N) is 1. The van der Waals surface area contributed by atoms with Gasteiger partial charge in [-0.3, -0.25) is 4.90 Å². The summed E-state index contributed by atoms with van der Waals surface area (Å²) in [6.07, 6.45) is 0.387. The molecule has 0 amide bonds. The number of rotatable bonds is 3. The standard InChI is InChI=1S/C7H16N2O2/c8-6-1-2-9(3-6)4-7(11)5-10/h6-7,10-11H,1-5,8H2. The largest absolute Gasteiger partial charge is 0.394 e. The summed E-state index contributed by atoms with van der Waals surface area (Å²) in [4.78, 5) is 2.07. The van der Waals surface area contributed by atoms with E-state index in [1.807, 2.05) is 0 Å². The molecule has 0 aliphatic carbocycles. The zero-order chi connectivity index (χ0) is 8.27. The third-order valence-electron chi connectivity index (χ3n) is 1.99. The minimum absolute atomic E-state index is 0.161. The topological polar surface area (TPSA) is 69.7 Å². The van der Waals surface area contributed by atoms with Gasteiger partial charge >= 0.3 is 0 Å². The molecule has 4 nitrogen and oxygen atoms in total. The SMILES string of the molecule is NC1CCN(CC(O)CO)C1. The molecule has 1 heterocycles. The van der Waals surface area contributed by atoms with Gasteiger partial charge in [0.1, 0.15) is 0 Å². The van der Waals surface area contributed by atoms with Gasteiger partial charge in [0, 0.05) is 19.1 Å². The number of likely N-dealkylation sites (tertiary alicyclic amines) is 1. The lowest BCUT2D eigenvalue weighted by atomic mass is 10.3. The van der Waals surface area contributed by atoms with Gasteiger partial charge in [-0.15, -0.1) is 0 Å². The highest BCUT2D eigenvalue weighted by atomic mass is 16.3. The predicted molar refractivity (Wildman–Crippen MR) is 42.1 cm³/mol. The van der Waals surface area contributed by atoms with Crippen molar-refractivity contribution in [3.05, 3.63) is 0 Å². The second-order valence-electron chi connectivity index (χ2n) is 3.14. The minimum Gasteiger partial charge on any atom is -0.394 e. The van der Waals surface area contributed by atoms with Crippen LogP contribution in [0, 0.1) is 0 Å². The van der Waals surface area contributed by atoms with E-state index in [0.29, 0.717) is 6.54 Å². The Morgan fingerprint density at radius 3 is 2.82 bits per heavy atom. The zero-order valence-corrected chi connectivity index (χ0v) is 6.61. The molecule has 2 atom stereocenters. The first-order valence-electron chi connectivity index (χ1n) is 3.99. The molecule has 0 aromatic rings. The van der Waals surface area contributed by atoms with E-state index in [0.717, 1.165) is 19.5 Å². The highest BCUT2D eigenvalue weighted by Gasteiger charge is 2.20. The third-order valence-corrected chi connectivity index (χ3v) is 1.99. The van der Waals surface area contributed by atoms with Crippen LogP contribution >= 0.6 is 0 Å². The van der Waals surface area contributed by atoms with E-state index in [9.17, 15) is 0 Å². The number of nitrogens with two attached hydrogens (primary N) is 1. The fourth-order valence-corrected chi connectivity index (χ4v) is 1.38. The second-order valence-corrected chi connectivity index (χ2v) is 3.14. The van der Waals surface area contributed by atoms with Crippen LogP contribution in [0.15, 0.2) is 0 Å². The lowest BCUT2D eigenvalue weighted by Gasteiger charge is -2.17. The Labute approximate surface area is 66.6 Å². The van der Waals surface area contributed by atoms with Crippen molar-refractivity contribution in [3.8, 4) is 0 Å². The van der Waals surface area contributed by atoms with Crippen LogP contribution in [0.1, 0.15) is 6.42 Å². The van der Waals surface area contributed by atoms with Gasteiger partial charge in [-0.1, -0.05) is 0 Å². The Balaban J connectivity index is 2.17. The molecule has 0 aromatic heterocycles. The zero-order valence-electron chi connectivity index (χ0n) is 6.61. The average Bonchev–Trinajstić information content (AvgIpc) is 2.35. The Morgan fingerprint density at radius 2 is 2.36 bits per heavy atom. The lowest BCUT2D eigenvalue weighted by Crippen LogP contribution is -2.34. The Morgan fingerprint density at radius 1 is 1.64 bits per heavy atom. The number of nitrogens with zero attached hydrogens (tertiary/aromatic N) is 1. The van der Waals surface area contributed by atoms with Gasteiger partial charge in [-0.2, -0.15) is 0 Å². The van der Waals surface area contributed by atoms with Crippen molar-refractivity contribution in [3.63, 3.8) is 0 Å².